The first kappa shape index (κ1) is 17.4. The van der Waals surface area contributed by atoms with E-state index in [1.54, 1.807) is 16.2 Å². The second-order valence-corrected chi connectivity index (χ2v) is 7.39. The van der Waals surface area contributed by atoms with Crippen LogP contribution in [0.2, 0.25) is 0 Å². The van der Waals surface area contributed by atoms with E-state index in [0.717, 1.165) is 40.4 Å². The maximum absolute atomic E-state index is 11.7. The minimum Gasteiger partial charge on any atom is -0.450 e. The average molecular weight is 410 g/mol. The van der Waals surface area contributed by atoms with E-state index in [4.69, 9.17) is 9.72 Å². The van der Waals surface area contributed by atoms with Gasteiger partial charge in [0.25, 0.3) is 0 Å². The van der Waals surface area contributed by atoms with Crippen LogP contribution in [-0.2, 0) is 11.3 Å². The van der Waals surface area contributed by atoms with Gasteiger partial charge in [0.15, 0.2) is 0 Å². The number of carbonyl (C=O) groups excluding carboxylic acids is 1. The van der Waals surface area contributed by atoms with Crippen molar-refractivity contribution in [1.82, 2.24) is 14.8 Å². The van der Waals surface area contributed by atoms with Gasteiger partial charge in [0, 0.05) is 48.1 Å². The third-order valence-electron chi connectivity index (χ3n) is 3.91. The minimum atomic E-state index is -0.206. The summed E-state index contributed by atoms with van der Waals surface area (Å²) < 4.78 is 6.11. The lowest BCUT2D eigenvalue weighted by Gasteiger charge is -2.33. The van der Waals surface area contributed by atoms with Crippen molar-refractivity contribution >= 4 is 33.4 Å². The molecule has 1 aromatic carbocycles. The summed E-state index contributed by atoms with van der Waals surface area (Å²) in [7, 11) is 0. The molecule has 0 N–H and O–H groups in total. The molecule has 1 fully saturated rings. The number of carbonyl (C=O) groups is 1. The number of ether oxygens (including phenoxy) is 1. The van der Waals surface area contributed by atoms with Crippen LogP contribution in [-0.4, -0.2) is 53.7 Å². The van der Waals surface area contributed by atoms with Crippen molar-refractivity contribution in [1.29, 1.82) is 0 Å². The fourth-order valence-electron chi connectivity index (χ4n) is 2.67. The molecule has 2 aromatic rings. The zero-order chi connectivity index (χ0) is 16.9. The van der Waals surface area contributed by atoms with Crippen LogP contribution in [0.25, 0.3) is 10.6 Å². The average Bonchev–Trinajstić information content (AvgIpc) is 3.04. The SMILES string of the molecule is CCOC(=O)N1CCN(Cc2csc(-c3cccc(Br)c3)n2)CC1. The van der Waals surface area contributed by atoms with Gasteiger partial charge in [-0.05, 0) is 19.1 Å². The monoisotopic (exact) mass is 409 g/mol. The van der Waals surface area contributed by atoms with Gasteiger partial charge in [-0.3, -0.25) is 4.90 Å². The van der Waals surface area contributed by atoms with E-state index in [-0.39, 0.29) is 6.09 Å². The summed E-state index contributed by atoms with van der Waals surface area (Å²) in [6.07, 6.45) is -0.206. The first-order valence-corrected chi connectivity index (χ1v) is 9.67. The predicted molar refractivity (Wildman–Crippen MR) is 99.1 cm³/mol. The first-order chi connectivity index (χ1) is 11.7. The Balaban J connectivity index is 1.56. The van der Waals surface area contributed by atoms with Crippen molar-refractivity contribution in [2.24, 2.45) is 0 Å². The van der Waals surface area contributed by atoms with Crippen LogP contribution < -0.4 is 0 Å². The Labute approximate surface area is 154 Å². The molecule has 0 atom stereocenters. The van der Waals surface area contributed by atoms with Crippen LogP contribution in [0.5, 0.6) is 0 Å². The van der Waals surface area contributed by atoms with Gasteiger partial charge in [-0.2, -0.15) is 0 Å². The van der Waals surface area contributed by atoms with Crippen LogP contribution in [0.15, 0.2) is 34.1 Å². The highest BCUT2D eigenvalue weighted by Gasteiger charge is 2.22. The number of nitrogens with zero attached hydrogens (tertiary/aromatic N) is 3. The molecule has 128 valence electrons. The molecule has 0 radical (unpaired) electrons. The Bertz CT molecular complexity index is 699. The highest BCUT2D eigenvalue weighted by Crippen LogP contribution is 2.26. The summed E-state index contributed by atoms with van der Waals surface area (Å²) in [4.78, 5) is 20.6. The number of benzene rings is 1. The van der Waals surface area contributed by atoms with Gasteiger partial charge in [-0.1, -0.05) is 28.1 Å². The number of piperazine rings is 1. The number of thiazole rings is 1. The Morgan fingerprint density at radius 3 is 2.83 bits per heavy atom. The van der Waals surface area contributed by atoms with E-state index in [1.165, 1.54) is 0 Å². The standard InChI is InChI=1S/C17H20BrN3O2S/c1-2-23-17(22)21-8-6-20(7-9-21)11-15-12-24-16(19-15)13-4-3-5-14(18)10-13/h3-5,10,12H,2,6-9,11H2,1H3. The van der Waals surface area contributed by atoms with E-state index < -0.39 is 0 Å². The van der Waals surface area contributed by atoms with Gasteiger partial charge >= 0.3 is 6.09 Å². The van der Waals surface area contributed by atoms with Crippen molar-refractivity contribution in [2.45, 2.75) is 13.5 Å². The first-order valence-electron chi connectivity index (χ1n) is 8.00. The quantitative estimate of drug-likeness (QED) is 0.768. The van der Waals surface area contributed by atoms with Crippen molar-refractivity contribution < 1.29 is 9.53 Å². The van der Waals surface area contributed by atoms with E-state index in [1.807, 2.05) is 19.1 Å². The van der Waals surface area contributed by atoms with Crippen LogP contribution in [0.1, 0.15) is 12.6 Å². The molecule has 0 aliphatic carbocycles. The smallest absolute Gasteiger partial charge is 0.409 e. The summed E-state index contributed by atoms with van der Waals surface area (Å²) >= 11 is 5.17. The number of halogens is 1. The van der Waals surface area contributed by atoms with Gasteiger partial charge in [-0.15, -0.1) is 11.3 Å². The van der Waals surface area contributed by atoms with Crippen molar-refractivity contribution in [3.05, 3.63) is 39.8 Å². The van der Waals surface area contributed by atoms with E-state index >= 15 is 0 Å². The van der Waals surface area contributed by atoms with Crippen LogP contribution in [0.3, 0.4) is 0 Å². The third-order valence-corrected chi connectivity index (χ3v) is 5.34. The van der Waals surface area contributed by atoms with Crippen LogP contribution >= 0.6 is 27.3 Å². The molecule has 0 unspecified atom stereocenters. The lowest BCUT2D eigenvalue weighted by atomic mass is 10.2. The summed E-state index contributed by atoms with van der Waals surface area (Å²) in [6.45, 7) is 6.20. The molecule has 0 spiro atoms. The summed E-state index contributed by atoms with van der Waals surface area (Å²) in [6, 6.07) is 8.20. The van der Waals surface area contributed by atoms with Gasteiger partial charge in [0.05, 0.1) is 12.3 Å². The van der Waals surface area contributed by atoms with Crippen LogP contribution in [0.4, 0.5) is 4.79 Å². The van der Waals surface area contributed by atoms with Gasteiger partial charge in [0.1, 0.15) is 5.01 Å². The highest BCUT2D eigenvalue weighted by molar-refractivity contribution is 9.10. The molecule has 0 saturated carbocycles. The molecule has 3 rings (SSSR count). The fraction of sp³-hybridized carbons (Fsp3) is 0.412. The minimum absolute atomic E-state index is 0.206. The lowest BCUT2D eigenvalue weighted by molar-refractivity contribution is 0.0776. The van der Waals surface area contributed by atoms with Crippen molar-refractivity contribution in [2.75, 3.05) is 32.8 Å². The molecule has 1 aliphatic heterocycles. The Morgan fingerprint density at radius 2 is 2.12 bits per heavy atom. The number of hydrogen-bond donors (Lipinski definition) is 0. The number of rotatable bonds is 4. The van der Waals surface area contributed by atoms with E-state index in [2.05, 4.69) is 38.3 Å². The molecule has 1 aliphatic rings. The van der Waals surface area contributed by atoms with Crippen molar-refractivity contribution in [3.63, 3.8) is 0 Å². The third kappa shape index (κ3) is 4.34. The second kappa shape index (κ2) is 8.09. The van der Waals surface area contributed by atoms with Gasteiger partial charge < -0.3 is 9.64 Å². The predicted octanol–water partition coefficient (Wildman–Crippen LogP) is 3.85. The Hall–Kier alpha value is -1.44. The summed E-state index contributed by atoms with van der Waals surface area (Å²) in [5.74, 6) is 0. The summed E-state index contributed by atoms with van der Waals surface area (Å²) in [5.41, 5.74) is 2.22. The number of amides is 1. The zero-order valence-corrected chi connectivity index (χ0v) is 16.0. The molecule has 1 aromatic heterocycles. The lowest BCUT2D eigenvalue weighted by Crippen LogP contribution is -2.48. The largest absolute Gasteiger partial charge is 0.450 e. The second-order valence-electron chi connectivity index (χ2n) is 5.62. The van der Waals surface area contributed by atoms with Gasteiger partial charge in [0.2, 0.25) is 0 Å². The normalized spacial score (nSPS) is 15.5. The molecule has 2 heterocycles. The molecule has 1 amide bonds. The zero-order valence-electron chi connectivity index (χ0n) is 13.6. The molecular formula is C17H20BrN3O2S. The molecule has 7 heteroatoms. The van der Waals surface area contributed by atoms with Gasteiger partial charge in [-0.25, -0.2) is 9.78 Å². The molecule has 5 nitrogen and oxygen atoms in total. The molecular weight excluding hydrogens is 390 g/mol. The van der Waals surface area contributed by atoms with Crippen molar-refractivity contribution in [3.8, 4) is 10.6 Å². The highest BCUT2D eigenvalue weighted by atomic mass is 79.9. The number of aromatic nitrogens is 1. The number of hydrogen-bond acceptors (Lipinski definition) is 5. The maximum atomic E-state index is 11.7. The van der Waals surface area contributed by atoms with Crippen LogP contribution in [0, 0.1) is 0 Å². The molecule has 24 heavy (non-hydrogen) atoms. The maximum Gasteiger partial charge on any atom is 0.409 e. The topological polar surface area (TPSA) is 45.7 Å². The molecule has 0 bridgehead atoms. The Kier molecular flexibility index (Phi) is 5.86. The van der Waals surface area contributed by atoms with E-state index in [0.29, 0.717) is 19.7 Å². The summed E-state index contributed by atoms with van der Waals surface area (Å²) in [5, 5.41) is 3.16. The fourth-order valence-corrected chi connectivity index (χ4v) is 3.87. The Morgan fingerprint density at radius 1 is 1.33 bits per heavy atom. The van der Waals surface area contributed by atoms with E-state index in [9.17, 15) is 4.79 Å². The molecule has 1 saturated heterocycles.